The summed E-state index contributed by atoms with van der Waals surface area (Å²) >= 11 is 0. The normalized spacial score (nSPS) is 10.4. The van der Waals surface area contributed by atoms with Crippen molar-refractivity contribution < 1.29 is 4.79 Å². The molecule has 0 saturated carbocycles. The second-order valence-electron chi connectivity index (χ2n) is 3.64. The van der Waals surface area contributed by atoms with Gasteiger partial charge in [0, 0.05) is 26.4 Å². The van der Waals surface area contributed by atoms with Gasteiger partial charge in [-0.2, -0.15) is 5.10 Å². The molecule has 0 unspecified atom stereocenters. The summed E-state index contributed by atoms with van der Waals surface area (Å²) in [5.41, 5.74) is 0. The number of nitrogens with one attached hydrogen (secondary N) is 2. The fourth-order valence-corrected chi connectivity index (χ4v) is 1.33. The Bertz CT molecular complexity index is 323. The van der Waals surface area contributed by atoms with Crippen LogP contribution >= 0.6 is 0 Å². The van der Waals surface area contributed by atoms with Gasteiger partial charge in [-0.25, -0.2) is 4.98 Å². The van der Waals surface area contributed by atoms with Gasteiger partial charge in [0.25, 0.3) is 0 Å². The first-order valence-electron chi connectivity index (χ1n) is 5.48. The van der Waals surface area contributed by atoms with Crippen LogP contribution in [0.25, 0.3) is 0 Å². The topological polar surface area (TPSA) is 71.8 Å². The zero-order valence-corrected chi connectivity index (χ0v) is 9.86. The summed E-state index contributed by atoms with van der Waals surface area (Å²) in [6.45, 7) is 1.47. The largest absolute Gasteiger partial charge is 0.356 e. The number of carbonyl (C=O) groups is 1. The minimum Gasteiger partial charge on any atom is -0.356 e. The molecule has 0 radical (unpaired) electrons. The average Bonchev–Trinajstić information content (AvgIpc) is 2.65. The monoisotopic (exact) mass is 225 g/mol. The van der Waals surface area contributed by atoms with E-state index in [2.05, 4.69) is 20.7 Å². The third kappa shape index (κ3) is 4.88. The van der Waals surface area contributed by atoms with Crippen LogP contribution in [0.4, 0.5) is 0 Å². The predicted octanol–water partition coefficient (Wildman–Crippen LogP) is -0.527. The van der Waals surface area contributed by atoms with Crippen molar-refractivity contribution in [1.29, 1.82) is 0 Å². The molecule has 0 aliphatic rings. The van der Waals surface area contributed by atoms with Crippen molar-refractivity contribution in [3.05, 3.63) is 12.2 Å². The molecular formula is C10H19N5O. The average molecular weight is 225 g/mol. The van der Waals surface area contributed by atoms with E-state index in [9.17, 15) is 4.79 Å². The lowest BCUT2D eigenvalue weighted by atomic mass is 10.3. The van der Waals surface area contributed by atoms with Crippen LogP contribution < -0.4 is 10.6 Å². The number of amides is 1. The zero-order chi connectivity index (χ0) is 11.8. The van der Waals surface area contributed by atoms with Crippen LogP contribution in [0, 0.1) is 0 Å². The van der Waals surface area contributed by atoms with Crippen LogP contribution in [0.5, 0.6) is 0 Å². The highest BCUT2D eigenvalue weighted by molar-refractivity contribution is 5.75. The molecule has 6 heteroatoms. The van der Waals surface area contributed by atoms with Crippen molar-refractivity contribution >= 4 is 5.91 Å². The number of nitrogens with zero attached hydrogens (tertiary/aromatic N) is 3. The van der Waals surface area contributed by atoms with Gasteiger partial charge >= 0.3 is 0 Å². The summed E-state index contributed by atoms with van der Waals surface area (Å²) in [4.78, 5) is 15.4. The predicted molar refractivity (Wildman–Crippen MR) is 60.9 cm³/mol. The molecule has 0 bridgehead atoms. The Morgan fingerprint density at radius 3 is 2.94 bits per heavy atom. The molecule has 0 fully saturated rings. The van der Waals surface area contributed by atoms with Crippen molar-refractivity contribution in [2.45, 2.75) is 19.3 Å². The third-order valence-electron chi connectivity index (χ3n) is 2.15. The first-order chi connectivity index (χ1) is 7.72. The fraction of sp³-hybridized carbons (Fsp3) is 0.700. The van der Waals surface area contributed by atoms with Gasteiger partial charge < -0.3 is 10.6 Å². The number of aryl methyl sites for hydroxylation is 1. The smallest absolute Gasteiger partial charge is 0.220 e. The second-order valence-corrected chi connectivity index (χ2v) is 3.64. The van der Waals surface area contributed by atoms with E-state index in [-0.39, 0.29) is 5.91 Å². The molecule has 1 heterocycles. The van der Waals surface area contributed by atoms with Gasteiger partial charge in [-0.15, -0.1) is 0 Å². The summed E-state index contributed by atoms with van der Waals surface area (Å²) in [5.74, 6) is 0.851. The van der Waals surface area contributed by atoms with E-state index in [4.69, 9.17) is 0 Å². The number of hydrogen-bond acceptors (Lipinski definition) is 4. The number of aromatic nitrogens is 3. The van der Waals surface area contributed by atoms with Crippen LogP contribution in [0.15, 0.2) is 6.33 Å². The zero-order valence-electron chi connectivity index (χ0n) is 9.86. The minimum absolute atomic E-state index is 0.0891. The molecule has 1 aromatic heterocycles. The van der Waals surface area contributed by atoms with Gasteiger partial charge in [0.1, 0.15) is 6.33 Å². The Kier molecular flexibility index (Phi) is 5.49. The summed E-state index contributed by atoms with van der Waals surface area (Å²) < 4.78 is 1.66. The summed E-state index contributed by atoms with van der Waals surface area (Å²) in [6, 6.07) is 0. The molecule has 2 N–H and O–H groups in total. The Balaban J connectivity index is 2.08. The van der Waals surface area contributed by atoms with Crippen LogP contribution in [0.1, 0.15) is 18.7 Å². The molecule has 0 aromatic carbocycles. The quantitative estimate of drug-likeness (QED) is 0.612. The Morgan fingerprint density at radius 2 is 2.31 bits per heavy atom. The fourth-order valence-electron chi connectivity index (χ4n) is 1.33. The maximum Gasteiger partial charge on any atom is 0.220 e. The van der Waals surface area contributed by atoms with Crippen molar-refractivity contribution in [3.63, 3.8) is 0 Å². The summed E-state index contributed by atoms with van der Waals surface area (Å²) in [7, 11) is 3.71. The summed E-state index contributed by atoms with van der Waals surface area (Å²) in [6.07, 6.45) is 3.77. The highest BCUT2D eigenvalue weighted by Crippen LogP contribution is 1.90. The molecule has 0 spiro atoms. The molecule has 16 heavy (non-hydrogen) atoms. The van der Waals surface area contributed by atoms with E-state index in [1.807, 2.05) is 14.1 Å². The lowest BCUT2D eigenvalue weighted by Gasteiger charge is -2.03. The van der Waals surface area contributed by atoms with Crippen molar-refractivity contribution in [2.24, 2.45) is 7.05 Å². The third-order valence-corrected chi connectivity index (χ3v) is 2.15. The molecule has 0 aliphatic heterocycles. The molecule has 0 atom stereocenters. The van der Waals surface area contributed by atoms with E-state index in [0.717, 1.165) is 18.8 Å². The van der Waals surface area contributed by atoms with Gasteiger partial charge in [0.2, 0.25) is 5.91 Å². The summed E-state index contributed by atoms with van der Waals surface area (Å²) in [5, 5.41) is 9.98. The van der Waals surface area contributed by atoms with E-state index in [1.165, 1.54) is 0 Å². The van der Waals surface area contributed by atoms with E-state index < -0.39 is 0 Å². The lowest BCUT2D eigenvalue weighted by Crippen LogP contribution is -2.26. The van der Waals surface area contributed by atoms with Crippen LogP contribution in [-0.2, 0) is 18.3 Å². The van der Waals surface area contributed by atoms with Gasteiger partial charge in [0.05, 0.1) is 0 Å². The highest BCUT2D eigenvalue weighted by Gasteiger charge is 2.02. The standard InChI is InChI=1S/C10H19N5O/c1-11-6-3-4-10(16)12-7-5-9-13-8-15(2)14-9/h8,11H,3-7H2,1-2H3,(H,12,16). The van der Waals surface area contributed by atoms with Crippen molar-refractivity contribution in [3.8, 4) is 0 Å². The molecule has 1 amide bonds. The molecule has 0 aliphatic carbocycles. The molecule has 0 saturated heterocycles. The van der Waals surface area contributed by atoms with Gasteiger partial charge in [-0.3, -0.25) is 9.48 Å². The first-order valence-corrected chi connectivity index (χ1v) is 5.48. The van der Waals surface area contributed by atoms with Gasteiger partial charge in [0.15, 0.2) is 5.82 Å². The SMILES string of the molecule is CNCCCC(=O)NCCc1ncn(C)n1. The van der Waals surface area contributed by atoms with Gasteiger partial charge in [-0.05, 0) is 20.0 Å². The van der Waals surface area contributed by atoms with Crippen LogP contribution in [-0.4, -0.2) is 40.8 Å². The van der Waals surface area contributed by atoms with Crippen molar-refractivity contribution in [2.75, 3.05) is 20.1 Å². The Morgan fingerprint density at radius 1 is 1.50 bits per heavy atom. The van der Waals surface area contributed by atoms with E-state index in [1.54, 1.807) is 11.0 Å². The van der Waals surface area contributed by atoms with Crippen molar-refractivity contribution in [1.82, 2.24) is 25.4 Å². The molecule has 1 aromatic rings. The molecule has 1 rings (SSSR count). The van der Waals surface area contributed by atoms with Crippen LogP contribution in [0.3, 0.4) is 0 Å². The number of carbonyl (C=O) groups excluding carboxylic acids is 1. The van der Waals surface area contributed by atoms with Crippen LogP contribution in [0.2, 0.25) is 0 Å². The highest BCUT2D eigenvalue weighted by atomic mass is 16.1. The minimum atomic E-state index is 0.0891. The van der Waals surface area contributed by atoms with E-state index >= 15 is 0 Å². The molecule has 6 nitrogen and oxygen atoms in total. The molecular weight excluding hydrogens is 206 g/mol. The maximum absolute atomic E-state index is 11.3. The van der Waals surface area contributed by atoms with E-state index in [0.29, 0.717) is 19.4 Å². The first kappa shape index (κ1) is 12.6. The molecule has 90 valence electrons. The Hall–Kier alpha value is -1.43. The van der Waals surface area contributed by atoms with Gasteiger partial charge in [-0.1, -0.05) is 0 Å². The number of rotatable bonds is 7. The lowest BCUT2D eigenvalue weighted by molar-refractivity contribution is -0.121. The maximum atomic E-state index is 11.3. The second kappa shape index (κ2) is 6.95. The Labute approximate surface area is 95.4 Å². The number of hydrogen-bond donors (Lipinski definition) is 2.